The predicted octanol–water partition coefficient (Wildman–Crippen LogP) is 4.40. The highest BCUT2D eigenvalue weighted by Crippen LogP contribution is 2.37. The quantitative estimate of drug-likeness (QED) is 0.410. The summed E-state index contributed by atoms with van der Waals surface area (Å²) in [7, 11) is -3.22. The SMILES string of the molecule is COCCOC1(C)CCN(S(=O)(=O)N(Cc2ccccc2)C(=O)O)C(Oc2ncc(C(F)(F)F)cc2Cl)C1. The molecule has 15 heteroatoms. The molecule has 38 heavy (non-hydrogen) atoms. The van der Waals surface area contributed by atoms with E-state index in [-0.39, 0.29) is 36.9 Å². The molecule has 3 rings (SSSR count). The lowest BCUT2D eigenvalue weighted by atomic mass is 9.93. The number of benzene rings is 1. The Morgan fingerprint density at radius 2 is 1.97 bits per heavy atom. The molecule has 2 atom stereocenters. The van der Waals surface area contributed by atoms with Gasteiger partial charge >= 0.3 is 22.5 Å². The van der Waals surface area contributed by atoms with Crippen molar-refractivity contribution in [2.75, 3.05) is 26.9 Å². The molecule has 0 bridgehead atoms. The molecule has 0 radical (unpaired) electrons. The molecule has 1 aromatic carbocycles. The highest BCUT2D eigenvalue weighted by molar-refractivity contribution is 7.87. The standard InChI is InChI=1S/C23H27ClF3N3O7S/c1-22(36-11-10-35-2)8-9-29(38(33,34)30(21(31)32)15-16-6-4-3-5-7-16)19(13-22)37-20-18(24)12-17(14-28-20)23(25,26)27/h3-7,12,14,19H,8-11,13,15H2,1-2H3,(H,31,32). The summed E-state index contributed by atoms with van der Waals surface area (Å²) in [5.41, 5.74) is -1.62. The zero-order valence-electron chi connectivity index (χ0n) is 20.5. The maximum Gasteiger partial charge on any atom is 0.422 e. The summed E-state index contributed by atoms with van der Waals surface area (Å²) >= 11 is 6.00. The van der Waals surface area contributed by atoms with Crippen molar-refractivity contribution < 1.29 is 45.7 Å². The van der Waals surface area contributed by atoms with Crippen LogP contribution in [0.5, 0.6) is 5.88 Å². The Morgan fingerprint density at radius 3 is 2.55 bits per heavy atom. The van der Waals surface area contributed by atoms with E-state index < -0.39 is 57.3 Å². The van der Waals surface area contributed by atoms with Crippen LogP contribution in [0.1, 0.15) is 30.9 Å². The van der Waals surface area contributed by atoms with Gasteiger partial charge in [-0.15, -0.1) is 4.31 Å². The molecule has 1 saturated heterocycles. The first-order valence-corrected chi connectivity index (χ1v) is 13.1. The number of carboxylic acid groups (broad SMARTS) is 1. The van der Waals surface area contributed by atoms with Crippen molar-refractivity contribution in [2.45, 2.75) is 44.3 Å². The van der Waals surface area contributed by atoms with E-state index >= 15 is 0 Å². The number of methoxy groups -OCH3 is 1. The molecular formula is C23H27ClF3N3O7S. The Balaban J connectivity index is 1.95. The van der Waals surface area contributed by atoms with E-state index in [0.29, 0.717) is 17.8 Å². The summed E-state index contributed by atoms with van der Waals surface area (Å²) in [6.07, 6.45) is -7.25. The number of nitrogens with zero attached hydrogens (tertiary/aromatic N) is 3. The van der Waals surface area contributed by atoms with Gasteiger partial charge in [0, 0.05) is 26.3 Å². The summed E-state index contributed by atoms with van der Waals surface area (Å²) in [4.78, 5) is 15.7. The normalized spacial score (nSPS) is 20.7. The topological polar surface area (TPSA) is 119 Å². The highest BCUT2D eigenvalue weighted by Gasteiger charge is 2.47. The number of rotatable bonds is 10. The number of carbonyl (C=O) groups is 1. The van der Waals surface area contributed by atoms with Gasteiger partial charge in [-0.1, -0.05) is 41.9 Å². The molecule has 1 aliphatic heterocycles. The molecule has 2 unspecified atom stereocenters. The van der Waals surface area contributed by atoms with Gasteiger partial charge in [0.25, 0.3) is 0 Å². The first kappa shape index (κ1) is 29.9. The molecule has 1 aliphatic rings. The molecule has 0 saturated carbocycles. The van der Waals surface area contributed by atoms with Crippen LogP contribution >= 0.6 is 11.6 Å². The zero-order valence-corrected chi connectivity index (χ0v) is 22.1. The number of hydrogen-bond donors (Lipinski definition) is 1. The van der Waals surface area contributed by atoms with Crippen molar-refractivity contribution in [3.63, 3.8) is 0 Å². The van der Waals surface area contributed by atoms with E-state index in [1.807, 2.05) is 0 Å². The van der Waals surface area contributed by atoms with Gasteiger partial charge in [0.05, 0.1) is 30.9 Å². The van der Waals surface area contributed by atoms with Crippen LogP contribution in [0.4, 0.5) is 18.0 Å². The van der Waals surface area contributed by atoms with E-state index in [9.17, 15) is 31.5 Å². The zero-order chi connectivity index (χ0) is 28.1. The minimum Gasteiger partial charge on any atom is -0.464 e. The first-order valence-electron chi connectivity index (χ1n) is 11.4. The van der Waals surface area contributed by atoms with Crippen molar-refractivity contribution >= 4 is 27.9 Å². The Hall–Kier alpha value is -2.65. The predicted molar refractivity (Wildman–Crippen MR) is 130 cm³/mol. The van der Waals surface area contributed by atoms with Crippen molar-refractivity contribution in [1.82, 2.24) is 13.6 Å². The van der Waals surface area contributed by atoms with Crippen molar-refractivity contribution in [3.05, 3.63) is 58.7 Å². The molecule has 10 nitrogen and oxygen atoms in total. The van der Waals surface area contributed by atoms with Gasteiger partial charge in [-0.05, 0) is 25.0 Å². The van der Waals surface area contributed by atoms with Gasteiger partial charge in [-0.25, -0.2) is 9.78 Å². The van der Waals surface area contributed by atoms with Crippen LogP contribution in [-0.4, -0.2) is 71.9 Å². The van der Waals surface area contributed by atoms with Crippen LogP contribution in [0.15, 0.2) is 42.6 Å². The van der Waals surface area contributed by atoms with Crippen LogP contribution in [-0.2, 0) is 32.4 Å². The maximum atomic E-state index is 13.6. The number of alkyl halides is 3. The fourth-order valence-electron chi connectivity index (χ4n) is 3.85. The molecule has 1 N–H and O–H groups in total. The number of aromatic nitrogens is 1. The summed E-state index contributed by atoms with van der Waals surface area (Å²) in [5, 5.41) is 9.28. The monoisotopic (exact) mass is 581 g/mol. The van der Waals surface area contributed by atoms with Gasteiger partial charge < -0.3 is 19.3 Å². The third-order valence-corrected chi connectivity index (χ3v) is 7.99. The highest BCUT2D eigenvalue weighted by atomic mass is 35.5. The van der Waals surface area contributed by atoms with E-state index in [0.717, 1.165) is 4.31 Å². The maximum absolute atomic E-state index is 13.6. The second kappa shape index (κ2) is 12.0. The van der Waals surface area contributed by atoms with E-state index in [1.54, 1.807) is 37.3 Å². The number of piperidine rings is 1. The van der Waals surface area contributed by atoms with Gasteiger partial charge in [0.15, 0.2) is 6.23 Å². The third kappa shape index (κ3) is 7.26. The Bertz CT molecular complexity index is 1220. The Kier molecular flexibility index (Phi) is 9.47. The molecule has 1 aromatic heterocycles. The van der Waals surface area contributed by atoms with Gasteiger partial charge in [0.2, 0.25) is 5.88 Å². The van der Waals surface area contributed by atoms with Crippen LogP contribution < -0.4 is 4.74 Å². The van der Waals surface area contributed by atoms with Crippen molar-refractivity contribution in [1.29, 1.82) is 0 Å². The lowest BCUT2D eigenvalue weighted by Crippen LogP contribution is -2.58. The summed E-state index contributed by atoms with van der Waals surface area (Å²) in [6, 6.07) is 8.72. The number of halogens is 4. The smallest absolute Gasteiger partial charge is 0.422 e. The van der Waals surface area contributed by atoms with E-state index in [2.05, 4.69) is 4.98 Å². The summed E-state index contributed by atoms with van der Waals surface area (Å²) in [6.45, 7) is 1.47. The second-order valence-corrected chi connectivity index (χ2v) is 10.9. The molecule has 210 valence electrons. The van der Waals surface area contributed by atoms with Crippen LogP contribution in [0.25, 0.3) is 0 Å². The molecule has 1 fully saturated rings. The fraction of sp³-hybridized carbons (Fsp3) is 0.478. The molecule has 2 heterocycles. The summed E-state index contributed by atoms with van der Waals surface area (Å²) < 4.78 is 84.1. The van der Waals surface area contributed by atoms with Crippen LogP contribution in [0.3, 0.4) is 0 Å². The third-order valence-electron chi connectivity index (χ3n) is 5.87. The minimum absolute atomic E-state index is 0.103. The number of amides is 1. The van der Waals surface area contributed by atoms with Gasteiger partial charge in [-0.2, -0.15) is 25.9 Å². The van der Waals surface area contributed by atoms with Crippen molar-refractivity contribution in [2.24, 2.45) is 0 Å². The van der Waals surface area contributed by atoms with Gasteiger partial charge in [0.1, 0.15) is 5.02 Å². The number of ether oxygens (including phenoxy) is 3. The lowest BCUT2D eigenvalue weighted by Gasteiger charge is -2.44. The molecule has 0 spiro atoms. The fourth-order valence-corrected chi connectivity index (χ4v) is 5.56. The van der Waals surface area contributed by atoms with Crippen molar-refractivity contribution in [3.8, 4) is 5.88 Å². The second-order valence-electron chi connectivity index (χ2n) is 8.72. The Labute approximate surface area is 223 Å². The average molecular weight is 582 g/mol. The minimum atomic E-state index is -4.71. The molecule has 0 aliphatic carbocycles. The average Bonchev–Trinajstić information content (AvgIpc) is 2.83. The van der Waals surface area contributed by atoms with E-state index in [1.165, 1.54) is 7.11 Å². The summed E-state index contributed by atoms with van der Waals surface area (Å²) in [5.74, 6) is -0.448. The van der Waals surface area contributed by atoms with Crippen LogP contribution in [0.2, 0.25) is 5.02 Å². The number of pyridine rings is 1. The Morgan fingerprint density at radius 1 is 1.29 bits per heavy atom. The van der Waals surface area contributed by atoms with E-state index in [4.69, 9.17) is 25.8 Å². The molecular weight excluding hydrogens is 555 g/mol. The van der Waals surface area contributed by atoms with Crippen LogP contribution in [0, 0.1) is 0 Å². The first-order chi connectivity index (χ1) is 17.8. The lowest BCUT2D eigenvalue weighted by molar-refractivity contribution is -0.137. The molecule has 2 aromatic rings. The largest absolute Gasteiger partial charge is 0.464 e. The molecule has 1 amide bonds. The van der Waals surface area contributed by atoms with Gasteiger partial charge in [-0.3, -0.25) is 0 Å². The number of hydrogen-bond acceptors (Lipinski definition) is 7.